The summed E-state index contributed by atoms with van der Waals surface area (Å²) in [4.78, 5) is 34.1. The molecule has 0 heterocycles. The largest absolute Gasteiger partial charge is 0.467 e. The van der Waals surface area contributed by atoms with Gasteiger partial charge in [0.25, 0.3) is 0 Å². The molecule has 0 saturated heterocycles. The summed E-state index contributed by atoms with van der Waals surface area (Å²) in [5.41, 5.74) is 0.827. The van der Waals surface area contributed by atoms with Gasteiger partial charge in [-0.3, -0.25) is 9.09 Å². The molecule has 3 atom stereocenters. The fourth-order valence-electron chi connectivity index (χ4n) is 2.36. The second-order valence-electron chi connectivity index (χ2n) is 7.17. The lowest BCUT2D eigenvalue weighted by Gasteiger charge is -2.27. The van der Waals surface area contributed by atoms with Crippen molar-refractivity contribution < 1.29 is 33.0 Å². The van der Waals surface area contributed by atoms with Crippen LogP contribution in [0.5, 0.6) is 0 Å². The normalized spacial score (nSPS) is 15.6. The van der Waals surface area contributed by atoms with Gasteiger partial charge in [0, 0.05) is 6.04 Å². The van der Waals surface area contributed by atoms with E-state index in [1.165, 1.54) is 7.11 Å². The fraction of sp³-hybridized carbons (Fsp3) is 0.579. The third-order valence-corrected chi connectivity index (χ3v) is 5.48. The van der Waals surface area contributed by atoms with Gasteiger partial charge in [0.1, 0.15) is 6.61 Å². The molecule has 0 aliphatic carbocycles. The van der Waals surface area contributed by atoms with Crippen molar-refractivity contribution in [3.8, 4) is 0 Å². The Morgan fingerprint density at radius 3 is 2.21 bits per heavy atom. The van der Waals surface area contributed by atoms with E-state index in [0.717, 1.165) is 5.56 Å². The monoisotopic (exact) mass is 415 g/mol. The lowest BCUT2D eigenvalue weighted by Crippen LogP contribution is -2.42. The quantitative estimate of drug-likeness (QED) is 0.445. The third-order valence-electron chi connectivity index (χ3n) is 4.07. The lowest BCUT2D eigenvalue weighted by atomic mass is 10.1. The van der Waals surface area contributed by atoms with E-state index in [9.17, 15) is 19.0 Å². The number of hydrogen-bond donors (Lipinski definition) is 2. The van der Waals surface area contributed by atoms with Crippen molar-refractivity contribution in [3.05, 3.63) is 35.9 Å². The van der Waals surface area contributed by atoms with Gasteiger partial charge in [0.05, 0.1) is 13.3 Å². The van der Waals surface area contributed by atoms with Crippen molar-refractivity contribution >= 4 is 19.7 Å². The molecule has 0 radical (unpaired) electrons. The minimum absolute atomic E-state index is 0.0859. The van der Waals surface area contributed by atoms with Gasteiger partial charge in [-0.2, -0.15) is 0 Å². The fourth-order valence-corrected chi connectivity index (χ4v) is 4.14. The number of rotatable bonds is 10. The van der Waals surface area contributed by atoms with Crippen LogP contribution in [0.1, 0.15) is 33.3 Å². The van der Waals surface area contributed by atoms with Gasteiger partial charge in [-0.1, -0.05) is 58.0 Å². The second kappa shape index (κ2) is 11.2. The number of esters is 1. The first-order chi connectivity index (χ1) is 13.1. The molecule has 1 amide bonds. The van der Waals surface area contributed by atoms with Crippen molar-refractivity contribution in [1.82, 2.24) is 5.32 Å². The highest BCUT2D eigenvalue weighted by Gasteiger charge is 2.36. The molecule has 0 bridgehead atoms. The van der Waals surface area contributed by atoms with Gasteiger partial charge in [0.2, 0.25) is 0 Å². The zero-order valence-corrected chi connectivity index (χ0v) is 17.8. The van der Waals surface area contributed by atoms with Crippen LogP contribution in [0.25, 0.3) is 0 Å². The molecule has 0 fully saturated rings. The summed E-state index contributed by atoms with van der Waals surface area (Å²) >= 11 is 0. The summed E-state index contributed by atoms with van der Waals surface area (Å²) in [7, 11) is -3.00. The van der Waals surface area contributed by atoms with E-state index in [1.807, 2.05) is 30.3 Å². The molecular weight excluding hydrogens is 385 g/mol. The number of hydrogen-bond acceptors (Lipinski definition) is 6. The Balaban J connectivity index is 2.70. The Hall–Kier alpha value is -1.89. The van der Waals surface area contributed by atoms with Gasteiger partial charge in [-0.25, -0.2) is 9.59 Å². The summed E-state index contributed by atoms with van der Waals surface area (Å²) in [5, 5.41) is 2.60. The van der Waals surface area contributed by atoms with Gasteiger partial charge in [0.15, 0.2) is 6.10 Å². The third kappa shape index (κ3) is 8.42. The molecule has 0 saturated carbocycles. The Morgan fingerprint density at radius 2 is 1.71 bits per heavy atom. The average molecular weight is 415 g/mol. The number of carbonyl (C=O) groups is 2. The van der Waals surface area contributed by atoms with Crippen molar-refractivity contribution in [2.75, 3.05) is 13.3 Å². The maximum absolute atomic E-state index is 12.6. The van der Waals surface area contributed by atoms with Crippen molar-refractivity contribution in [3.63, 3.8) is 0 Å². The molecule has 2 N–H and O–H groups in total. The van der Waals surface area contributed by atoms with E-state index in [-0.39, 0.29) is 24.6 Å². The maximum atomic E-state index is 12.6. The van der Waals surface area contributed by atoms with Gasteiger partial charge < -0.3 is 19.7 Å². The first-order valence-corrected chi connectivity index (χ1v) is 10.9. The molecule has 9 heteroatoms. The van der Waals surface area contributed by atoms with E-state index in [4.69, 9.17) is 9.26 Å². The summed E-state index contributed by atoms with van der Waals surface area (Å²) in [6.07, 6.45) is -2.22. The summed E-state index contributed by atoms with van der Waals surface area (Å²) in [6.45, 7) is 7.04. The van der Waals surface area contributed by atoms with Gasteiger partial charge >= 0.3 is 19.7 Å². The van der Waals surface area contributed by atoms with Crippen molar-refractivity contribution in [2.45, 2.75) is 46.4 Å². The van der Waals surface area contributed by atoms with Crippen LogP contribution in [0.15, 0.2) is 30.3 Å². The number of ether oxygens (including phenoxy) is 2. The number of carbonyl (C=O) groups excluding carboxylic acids is 2. The van der Waals surface area contributed by atoms with E-state index in [1.54, 1.807) is 27.7 Å². The molecule has 0 aliphatic rings. The van der Waals surface area contributed by atoms with E-state index in [2.05, 4.69) is 10.1 Å². The Morgan fingerprint density at radius 1 is 1.11 bits per heavy atom. The number of nitrogens with one attached hydrogen (secondary N) is 1. The van der Waals surface area contributed by atoms with Crippen LogP contribution in [-0.2, 0) is 30.0 Å². The molecule has 1 aromatic carbocycles. The summed E-state index contributed by atoms with van der Waals surface area (Å²) in [5.74, 6) is -1.24. The van der Waals surface area contributed by atoms with Gasteiger partial charge in [-0.05, 0) is 17.4 Å². The van der Waals surface area contributed by atoms with Crippen LogP contribution in [0.3, 0.4) is 0 Å². The molecule has 0 spiro atoms. The number of amides is 1. The topological polar surface area (TPSA) is 111 Å². The molecule has 0 aromatic heterocycles. The van der Waals surface area contributed by atoms with Crippen LogP contribution in [0, 0.1) is 11.8 Å². The molecule has 2 unspecified atom stereocenters. The molecule has 28 heavy (non-hydrogen) atoms. The molecule has 158 valence electrons. The van der Waals surface area contributed by atoms with Crippen LogP contribution in [0.4, 0.5) is 4.79 Å². The zero-order chi connectivity index (χ0) is 21.3. The summed E-state index contributed by atoms with van der Waals surface area (Å²) in [6, 6.07) is 8.49. The van der Waals surface area contributed by atoms with Crippen LogP contribution >= 0.6 is 7.60 Å². The predicted molar refractivity (Wildman–Crippen MR) is 105 cm³/mol. The average Bonchev–Trinajstić information content (AvgIpc) is 2.63. The van der Waals surface area contributed by atoms with Crippen LogP contribution < -0.4 is 5.32 Å². The maximum Gasteiger partial charge on any atom is 0.407 e. The Kier molecular flexibility index (Phi) is 9.65. The highest BCUT2D eigenvalue weighted by atomic mass is 31.2. The minimum atomic E-state index is -4.18. The van der Waals surface area contributed by atoms with Crippen molar-refractivity contribution in [2.24, 2.45) is 11.8 Å². The molecule has 1 rings (SSSR count). The molecule has 0 aliphatic heterocycles. The highest BCUT2D eigenvalue weighted by molar-refractivity contribution is 7.52. The van der Waals surface area contributed by atoms with Crippen LogP contribution in [-0.4, -0.2) is 42.4 Å². The van der Waals surface area contributed by atoms with E-state index in [0.29, 0.717) is 0 Å². The second-order valence-corrected chi connectivity index (χ2v) is 9.02. The Bertz CT molecular complexity index is 678. The highest BCUT2D eigenvalue weighted by Crippen LogP contribution is 2.45. The van der Waals surface area contributed by atoms with E-state index >= 15 is 0 Å². The standard InChI is InChI=1S/C19H30NO7P/c1-13(2)16(20-19(22)26-11-15-9-7-6-8-10-15)12-28(23,24)27-17(14(3)4)18(21)25-5/h6-10,13-14,16-17H,11-12H2,1-5H3,(H,20,22)(H,23,24)/t16?,17-/m0/s1. The molecule has 1 aromatic rings. The SMILES string of the molecule is COC(=O)[C@@H](OP(=O)(O)CC(NC(=O)OCc1ccccc1)C(C)C)C(C)C. The predicted octanol–water partition coefficient (Wildman–Crippen LogP) is 3.34. The first-order valence-electron chi connectivity index (χ1n) is 9.11. The summed E-state index contributed by atoms with van der Waals surface area (Å²) < 4.78 is 27.5. The smallest absolute Gasteiger partial charge is 0.407 e. The number of benzene rings is 1. The number of methoxy groups -OCH3 is 1. The first kappa shape index (κ1) is 24.1. The lowest BCUT2D eigenvalue weighted by molar-refractivity contribution is -0.151. The molecular formula is C19H30NO7P. The minimum Gasteiger partial charge on any atom is -0.467 e. The van der Waals surface area contributed by atoms with Crippen LogP contribution in [0.2, 0.25) is 0 Å². The van der Waals surface area contributed by atoms with Crippen molar-refractivity contribution in [1.29, 1.82) is 0 Å². The molecule has 8 nitrogen and oxygen atoms in total. The number of alkyl carbamates (subject to hydrolysis) is 1. The van der Waals surface area contributed by atoms with Gasteiger partial charge in [-0.15, -0.1) is 0 Å². The zero-order valence-electron chi connectivity index (χ0n) is 17.0. The Labute approximate surface area is 166 Å². The van der Waals surface area contributed by atoms with E-state index < -0.39 is 31.8 Å².